The van der Waals surface area contributed by atoms with Gasteiger partial charge >= 0.3 is 0 Å². The fourth-order valence-electron chi connectivity index (χ4n) is 5.06. The molecule has 0 radical (unpaired) electrons. The highest BCUT2D eigenvalue weighted by molar-refractivity contribution is 5.88. The first-order valence-corrected chi connectivity index (χ1v) is 12.4. The molecule has 2 N–H and O–H groups in total. The first-order valence-electron chi connectivity index (χ1n) is 12.4. The summed E-state index contributed by atoms with van der Waals surface area (Å²) in [6.45, 7) is 4.44. The third kappa shape index (κ3) is 4.90. The number of aromatic amines is 1. The van der Waals surface area contributed by atoms with E-state index in [1.165, 1.54) is 11.1 Å². The second-order valence-corrected chi connectivity index (χ2v) is 9.27. The molecule has 0 aliphatic carbocycles. The molecule has 0 unspecified atom stereocenters. The second-order valence-electron chi connectivity index (χ2n) is 9.27. The molecule has 0 spiro atoms. The Labute approximate surface area is 206 Å². The van der Waals surface area contributed by atoms with Crippen LogP contribution in [0.15, 0.2) is 72.9 Å². The minimum Gasteiger partial charge on any atom is -0.454 e. The maximum atomic E-state index is 13.3. The number of hydrogen-bond donors (Lipinski definition) is 2. The Hall–Kier alpha value is -3.73. The Kier molecular flexibility index (Phi) is 6.75. The van der Waals surface area contributed by atoms with Crippen LogP contribution in [0.25, 0.3) is 10.9 Å². The summed E-state index contributed by atoms with van der Waals surface area (Å²) in [5, 5.41) is 4.38. The van der Waals surface area contributed by atoms with Gasteiger partial charge in [-0.25, -0.2) is 0 Å². The van der Waals surface area contributed by atoms with E-state index in [2.05, 4.69) is 72.8 Å². The molecule has 180 valence electrons. The van der Waals surface area contributed by atoms with Crippen LogP contribution in [0, 0.1) is 0 Å². The smallest absolute Gasteiger partial charge is 0.231 e. The molecule has 0 saturated carbocycles. The molecule has 5 rings (SSSR count). The highest BCUT2D eigenvalue weighted by Gasteiger charge is 2.28. The molecule has 1 aliphatic rings. The Morgan fingerprint density at radius 2 is 1.83 bits per heavy atom. The van der Waals surface area contributed by atoms with Crippen molar-refractivity contribution in [3.8, 4) is 11.5 Å². The number of ether oxygens (including phenoxy) is 2. The minimum absolute atomic E-state index is 0.0353. The van der Waals surface area contributed by atoms with E-state index in [-0.39, 0.29) is 24.7 Å². The molecular formula is C30H32N2O3. The van der Waals surface area contributed by atoms with Crippen LogP contribution in [0.1, 0.15) is 54.9 Å². The van der Waals surface area contributed by atoms with E-state index in [0.717, 1.165) is 52.8 Å². The van der Waals surface area contributed by atoms with Crippen molar-refractivity contribution in [1.29, 1.82) is 0 Å². The lowest BCUT2D eigenvalue weighted by atomic mass is 9.86. The van der Waals surface area contributed by atoms with Gasteiger partial charge in [-0.3, -0.25) is 4.79 Å². The number of rotatable bonds is 9. The number of amides is 1. The number of carbonyl (C=O) groups is 1. The van der Waals surface area contributed by atoms with Gasteiger partial charge in [0.15, 0.2) is 11.5 Å². The molecule has 2 heterocycles. The van der Waals surface area contributed by atoms with E-state index in [0.29, 0.717) is 6.42 Å². The molecule has 1 aromatic heterocycles. The average Bonchev–Trinajstić information content (AvgIpc) is 3.54. The summed E-state index contributed by atoms with van der Waals surface area (Å²) in [6.07, 6.45) is 5.16. The van der Waals surface area contributed by atoms with Gasteiger partial charge < -0.3 is 19.8 Å². The molecule has 35 heavy (non-hydrogen) atoms. The molecule has 5 heteroatoms. The molecular weight excluding hydrogens is 436 g/mol. The molecule has 0 fully saturated rings. The van der Waals surface area contributed by atoms with Crippen LogP contribution in [0.3, 0.4) is 0 Å². The molecule has 4 aromatic rings. The summed E-state index contributed by atoms with van der Waals surface area (Å²) >= 11 is 0. The van der Waals surface area contributed by atoms with Crippen LogP contribution < -0.4 is 14.8 Å². The van der Waals surface area contributed by atoms with Gasteiger partial charge in [-0.1, -0.05) is 67.6 Å². The lowest BCUT2D eigenvalue weighted by Crippen LogP contribution is -2.33. The zero-order chi connectivity index (χ0) is 24.2. The average molecular weight is 469 g/mol. The van der Waals surface area contributed by atoms with E-state index in [1.54, 1.807) is 0 Å². The van der Waals surface area contributed by atoms with E-state index >= 15 is 0 Å². The molecule has 1 amide bonds. The van der Waals surface area contributed by atoms with Crippen LogP contribution in [0.2, 0.25) is 0 Å². The normalized spacial score (nSPS) is 14.1. The van der Waals surface area contributed by atoms with E-state index in [1.807, 2.05) is 24.3 Å². The van der Waals surface area contributed by atoms with Gasteiger partial charge in [0.2, 0.25) is 12.7 Å². The van der Waals surface area contributed by atoms with Crippen molar-refractivity contribution in [3.05, 3.63) is 95.2 Å². The van der Waals surface area contributed by atoms with Gasteiger partial charge in [-0.15, -0.1) is 0 Å². The number of aryl methyl sites for hydroxylation is 2. The zero-order valence-electron chi connectivity index (χ0n) is 20.3. The first-order chi connectivity index (χ1) is 17.1. The van der Waals surface area contributed by atoms with E-state index < -0.39 is 0 Å². The summed E-state index contributed by atoms with van der Waals surface area (Å²) in [5.41, 5.74) is 5.77. The zero-order valence-corrected chi connectivity index (χ0v) is 20.3. The molecule has 3 aromatic carbocycles. The highest BCUT2D eigenvalue weighted by Crippen LogP contribution is 2.44. The summed E-state index contributed by atoms with van der Waals surface area (Å²) in [5.74, 6) is 1.35. The van der Waals surface area contributed by atoms with Crippen LogP contribution in [-0.4, -0.2) is 23.7 Å². The second kappa shape index (κ2) is 10.3. The summed E-state index contributed by atoms with van der Waals surface area (Å²) in [7, 11) is 0. The van der Waals surface area contributed by atoms with E-state index in [4.69, 9.17) is 9.47 Å². The van der Waals surface area contributed by atoms with Crippen molar-refractivity contribution in [1.82, 2.24) is 10.3 Å². The van der Waals surface area contributed by atoms with Gasteiger partial charge in [-0.2, -0.15) is 0 Å². The van der Waals surface area contributed by atoms with Gasteiger partial charge in [0.1, 0.15) is 0 Å². The predicted molar refractivity (Wildman–Crippen MR) is 139 cm³/mol. The molecule has 1 aliphatic heterocycles. The standard InChI is InChI=1S/C30H32N2O3/c1-3-22-11-7-12-23-26(18-31-29(22)23)25(24-13-8-14-27-30(24)35-19-34-27)17-28(33)32-20(2)15-16-21-9-5-4-6-10-21/h4-14,18,20,25,31H,3,15-17,19H2,1-2H3,(H,32,33)/t20-,25-/m0/s1. The molecule has 0 bridgehead atoms. The lowest BCUT2D eigenvalue weighted by Gasteiger charge is -2.21. The minimum atomic E-state index is -0.158. The van der Waals surface area contributed by atoms with Crippen molar-refractivity contribution in [3.63, 3.8) is 0 Å². The Balaban J connectivity index is 1.41. The predicted octanol–water partition coefficient (Wildman–Crippen LogP) is 6.12. The third-order valence-electron chi connectivity index (χ3n) is 6.90. The van der Waals surface area contributed by atoms with Crippen LogP contribution in [0.5, 0.6) is 11.5 Å². The van der Waals surface area contributed by atoms with Crippen LogP contribution in [0.4, 0.5) is 0 Å². The summed E-state index contributed by atoms with van der Waals surface area (Å²) in [6, 6.07) is 22.8. The lowest BCUT2D eigenvalue weighted by molar-refractivity contribution is -0.121. The number of H-pyrrole nitrogens is 1. The van der Waals surface area contributed by atoms with Crippen LogP contribution in [-0.2, 0) is 17.6 Å². The molecule has 5 nitrogen and oxygen atoms in total. The van der Waals surface area contributed by atoms with Crippen molar-refractivity contribution in [2.75, 3.05) is 6.79 Å². The van der Waals surface area contributed by atoms with Crippen molar-refractivity contribution in [2.45, 2.75) is 51.5 Å². The van der Waals surface area contributed by atoms with Gasteiger partial charge in [0.25, 0.3) is 0 Å². The number of para-hydroxylation sites is 2. The van der Waals surface area contributed by atoms with Crippen LogP contribution >= 0.6 is 0 Å². The Bertz CT molecular complexity index is 1310. The molecule has 0 saturated heterocycles. The Morgan fingerprint density at radius 1 is 1.00 bits per heavy atom. The summed E-state index contributed by atoms with van der Waals surface area (Å²) < 4.78 is 11.5. The number of aromatic nitrogens is 1. The maximum absolute atomic E-state index is 13.3. The first kappa shape index (κ1) is 23.0. The van der Waals surface area contributed by atoms with Crippen molar-refractivity contribution in [2.24, 2.45) is 0 Å². The van der Waals surface area contributed by atoms with Gasteiger partial charge in [0, 0.05) is 41.0 Å². The number of benzene rings is 3. The maximum Gasteiger partial charge on any atom is 0.231 e. The fourth-order valence-corrected chi connectivity index (χ4v) is 5.06. The van der Waals surface area contributed by atoms with E-state index in [9.17, 15) is 4.79 Å². The van der Waals surface area contributed by atoms with Crippen molar-refractivity contribution < 1.29 is 14.3 Å². The number of fused-ring (bicyclic) bond motifs is 2. The number of nitrogens with one attached hydrogen (secondary N) is 2. The topological polar surface area (TPSA) is 63.4 Å². The van der Waals surface area contributed by atoms with Gasteiger partial charge in [-0.05, 0) is 48.9 Å². The number of hydrogen-bond acceptors (Lipinski definition) is 3. The Morgan fingerprint density at radius 3 is 2.66 bits per heavy atom. The van der Waals surface area contributed by atoms with Crippen molar-refractivity contribution >= 4 is 16.8 Å². The summed E-state index contributed by atoms with van der Waals surface area (Å²) in [4.78, 5) is 16.8. The molecule has 2 atom stereocenters. The monoisotopic (exact) mass is 468 g/mol. The largest absolute Gasteiger partial charge is 0.454 e. The third-order valence-corrected chi connectivity index (χ3v) is 6.90. The quantitative estimate of drug-likeness (QED) is 0.311. The highest BCUT2D eigenvalue weighted by atomic mass is 16.7. The van der Waals surface area contributed by atoms with Gasteiger partial charge in [0.05, 0.1) is 0 Å². The number of carbonyl (C=O) groups excluding carboxylic acids is 1. The SMILES string of the molecule is CCc1cccc2c([C@@H](CC(=O)N[C@@H](C)CCc3ccccc3)c3cccc4c3OCO4)c[nH]c12. The fraction of sp³-hybridized carbons (Fsp3) is 0.300.